The molecule has 1 aliphatic rings. The van der Waals surface area contributed by atoms with E-state index in [4.69, 9.17) is 5.11 Å². The van der Waals surface area contributed by atoms with E-state index < -0.39 is 11.7 Å². The summed E-state index contributed by atoms with van der Waals surface area (Å²) in [7, 11) is 1.79. The van der Waals surface area contributed by atoms with Gasteiger partial charge in [-0.25, -0.2) is 0 Å². The van der Waals surface area contributed by atoms with Crippen LogP contribution in [0.3, 0.4) is 0 Å². The van der Waals surface area contributed by atoms with Crippen molar-refractivity contribution in [2.24, 2.45) is 0 Å². The first-order valence-corrected chi connectivity index (χ1v) is 9.21. The number of carboxylic acids is 1. The molecule has 6 nitrogen and oxygen atoms in total. The van der Waals surface area contributed by atoms with Crippen LogP contribution in [0.5, 0.6) is 0 Å². The number of likely N-dealkylation sites (N-methyl/N-ethyl adjacent to an activating group) is 1. The van der Waals surface area contributed by atoms with Crippen molar-refractivity contribution in [1.29, 1.82) is 0 Å². The first-order chi connectivity index (χ1) is 12.3. The number of hydrogen-bond acceptors (Lipinski definition) is 5. The lowest BCUT2D eigenvalue weighted by Crippen LogP contribution is -2.46. The zero-order chi connectivity index (χ0) is 19.1. The van der Waals surface area contributed by atoms with Gasteiger partial charge < -0.3 is 10.4 Å². The summed E-state index contributed by atoms with van der Waals surface area (Å²) < 4.78 is 25.2. The number of carbonyl (C=O) groups excluding carboxylic acids is 1. The summed E-state index contributed by atoms with van der Waals surface area (Å²) >= 11 is 0.406. The van der Waals surface area contributed by atoms with Gasteiger partial charge in [0.1, 0.15) is 0 Å². The lowest BCUT2D eigenvalue weighted by Gasteiger charge is -2.35. The first-order valence-electron chi connectivity index (χ1n) is 8.33. The van der Waals surface area contributed by atoms with Crippen molar-refractivity contribution in [3.8, 4) is 0 Å². The molecule has 0 saturated carbocycles. The van der Waals surface area contributed by atoms with E-state index in [0.29, 0.717) is 35.4 Å². The molecule has 1 heterocycles. The lowest BCUT2D eigenvalue weighted by molar-refractivity contribution is -0.138. The number of piperidine rings is 1. The average Bonchev–Trinajstić information content (AvgIpc) is 2.56. The molecular formula is C17H23F2N3O3S. The zero-order valence-corrected chi connectivity index (χ0v) is 15.3. The van der Waals surface area contributed by atoms with Gasteiger partial charge in [-0.2, -0.15) is 8.78 Å². The molecule has 144 valence electrons. The number of thioether (sulfide) groups is 1. The van der Waals surface area contributed by atoms with Gasteiger partial charge in [-0.1, -0.05) is 23.9 Å². The Hall–Kier alpha value is -1.71. The van der Waals surface area contributed by atoms with E-state index in [-0.39, 0.29) is 25.0 Å². The maximum Gasteiger partial charge on any atom is 0.317 e. The average molecular weight is 387 g/mol. The minimum absolute atomic E-state index is 0.00371. The third kappa shape index (κ3) is 6.54. The van der Waals surface area contributed by atoms with Crippen LogP contribution in [0.1, 0.15) is 12.8 Å². The Morgan fingerprint density at radius 1 is 1.35 bits per heavy atom. The number of nitrogens with zero attached hydrogens (tertiary/aromatic N) is 2. The van der Waals surface area contributed by atoms with Gasteiger partial charge in [0.25, 0.3) is 5.76 Å². The monoisotopic (exact) mass is 387 g/mol. The number of carboxylic acid groups (broad SMARTS) is 1. The SMILES string of the molecule is CN(CC(=O)O)C1CCN(CC(=O)Nc2ccccc2SC(F)F)CC1. The summed E-state index contributed by atoms with van der Waals surface area (Å²) in [6.45, 7) is 1.57. The standard InChI is InChI=1S/C17H23F2N3O3S/c1-21(11-16(24)25)12-6-8-22(9-7-12)10-15(23)20-13-4-2-3-5-14(13)26-17(18)19/h2-5,12,17H,6-11H2,1H3,(H,20,23)(H,24,25). The Bertz CT molecular complexity index is 625. The van der Waals surface area contributed by atoms with Gasteiger partial charge >= 0.3 is 5.97 Å². The van der Waals surface area contributed by atoms with Crippen LogP contribution in [-0.4, -0.2) is 71.8 Å². The minimum atomic E-state index is -2.55. The van der Waals surface area contributed by atoms with Crippen LogP contribution in [0.25, 0.3) is 0 Å². The fourth-order valence-electron chi connectivity index (χ4n) is 3.02. The number of anilines is 1. The maximum absolute atomic E-state index is 12.6. The van der Waals surface area contributed by atoms with Gasteiger partial charge in [0, 0.05) is 24.0 Å². The van der Waals surface area contributed by atoms with Gasteiger partial charge in [-0.3, -0.25) is 19.4 Å². The molecule has 0 unspecified atom stereocenters. The summed E-state index contributed by atoms with van der Waals surface area (Å²) in [6.07, 6.45) is 1.57. The largest absolute Gasteiger partial charge is 0.480 e. The highest BCUT2D eigenvalue weighted by molar-refractivity contribution is 7.99. The van der Waals surface area contributed by atoms with Crippen LogP contribution < -0.4 is 5.32 Å². The molecular weight excluding hydrogens is 364 g/mol. The fourth-order valence-corrected chi connectivity index (χ4v) is 3.62. The van der Waals surface area contributed by atoms with Crippen LogP contribution >= 0.6 is 11.8 Å². The van der Waals surface area contributed by atoms with E-state index in [9.17, 15) is 18.4 Å². The van der Waals surface area contributed by atoms with Gasteiger partial charge in [0.15, 0.2) is 0 Å². The highest BCUT2D eigenvalue weighted by Crippen LogP contribution is 2.31. The van der Waals surface area contributed by atoms with E-state index >= 15 is 0 Å². The maximum atomic E-state index is 12.6. The smallest absolute Gasteiger partial charge is 0.317 e. The van der Waals surface area contributed by atoms with Crippen molar-refractivity contribution < 1.29 is 23.5 Å². The number of halogens is 2. The van der Waals surface area contributed by atoms with Crippen molar-refractivity contribution in [3.63, 3.8) is 0 Å². The topological polar surface area (TPSA) is 72.9 Å². The molecule has 0 aromatic heterocycles. The Kier molecular flexibility index (Phi) is 7.80. The molecule has 0 atom stereocenters. The number of amides is 1. The van der Waals surface area contributed by atoms with Crippen LogP contribution in [0.4, 0.5) is 14.5 Å². The molecule has 26 heavy (non-hydrogen) atoms. The summed E-state index contributed by atoms with van der Waals surface area (Å²) in [5.41, 5.74) is 0.388. The van der Waals surface area contributed by atoms with Crippen molar-refractivity contribution in [2.45, 2.75) is 29.5 Å². The number of likely N-dealkylation sites (tertiary alicyclic amines) is 1. The Balaban J connectivity index is 1.82. The van der Waals surface area contributed by atoms with Crippen LogP contribution in [-0.2, 0) is 9.59 Å². The second-order valence-corrected chi connectivity index (χ2v) is 7.27. The summed E-state index contributed by atoms with van der Waals surface area (Å²) in [5, 5.41) is 11.5. The summed E-state index contributed by atoms with van der Waals surface area (Å²) in [6, 6.07) is 6.69. The summed E-state index contributed by atoms with van der Waals surface area (Å²) in [5.74, 6) is -3.64. The number of rotatable bonds is 8. The number of aliphatic carboxylic acids is 1. The molecule has 0 spiro atoms. The Morgan fingerprint density at radius 2 is 2.00 bits per heavy atom. The molecule has 1 aromatic rings. The van der Waals surface area contributed by atoms with E-state index in [0.717, 1.165) is 12.8 Å². The van der Waals surface area contributed by atoms with E-state index in [1.54, 1.807) is 31.3 Å². The third-order valence-corrected chi connectivity index (χ3v) is 5.10. The molecule has 1 aromatic carbocycles. The zero-order valence-electron chi connectivity index (χ0n) is 14.5. The quantitative estimate of drug-likeness (QED) is 0.668. The van der Waals surface area contributed by atoms with Crippen LogP contribution in [0, 0.1) is 0 Å². The second-order valence-electron chi connectivity index (χ2n) is 6.24. The normalized spacial score (nSPS) is 16.2. The molecule has 1 fully saturated rings. The molecule has 1 amide bonds. The molecule has 0 radical (unpaired) electrons. The van der Waals surface area contributed by atoms with Crippen molar-refractivity contribution >= 4 is 29.3 Å². The Labute approximate surface area is 155 Å². The van der Waals surface area contributed by atoms with Crippen molar-refractivity contribution in [3.05, 3.63) is 24.3 Å². The Morgan fingerprint density at radius 3 is 2.62 bits per heavy atom. The number of alkyl halides is 2. The van der Waals surface area contributed by atoms with Crippen molar-refractivity contribution in [1.82, 2.24) is 9.80 Å². The molecule has 2 rings (SSSR count). The number of carbonyl (C=O) groups is 2. The summed E-state index contributed by atoms with van der Waals surface area (Å²) in [4.78, 5) is 27.2. The highest BCUT2D eigenvalue weighted by atomic mass is 32.2. The van der Waals surface area contributed by atoms with Crippen molar-refractivity contribution in [2.75, 3.05) is 38.5 Å². The van der Waals surface area contributed by atoms with Gasteiger partial charge in [-0.05, 0) is 32.0 Å². The highest BCUT2D eigenvalue weighted by Gasteiger charge is 2.24. The molecule has 0 bridgehead atoms. The van der Waals surface area contributed by atoms with Gasteiger partial charge in [0.2, 0.25) is 5.91 Å². The number of hydrogen-bond donors (Lipinski definition) is 2. The van der Waals surface area contributed by atoms with Gasteiger partial charge in [0.05, 0.1) is 18.8 Å². The van der Waals surface area contributed by atoms with Gasteiger partial charge in [-0.15, -0.1) is 0 Å². The molecule has 9 heteroatoms. The fraction of sp³-hybridized carbons (Fsp3) is 0.529. The third-order valence-electron chi connectivity index (χ3n) is 4.31. The first kappa shape index (κ1) is 20.6. The molecule has 0 aliphatic carbocycles. The number of nitrogens with one attached hydrogen (secondary N) is 1. The molecule has 1 aliphatic heterocycles. The van der Waals surface area contributed by atoms with E-state index in [1.807, 2.05) is 9.80 Å². The molecule has 2 N–H and O–H groups in total. The lowest BCUT2D eigenvalue weighted by atomic mass is 10.0. The predicted molar refractivity (Wildman–Crippen MR) is 96.7 cm³/mol. The predicted octanol–water partition coefficient (Wildman–Crippen LogP) is 2.42. The van der Waals surface area contributed by atoms with E-state index in [1.165, 1.54) is 0 Å². The number of para-hydroxylation sites is 1. The molecule has 1 saturated heterocycles. The van der Waals surface area contributed by atoms with E-state index in [2.05, 4.69) is 5.32 Å². The minimum Gasteiger partial charge on any atom is -0.480 e. The van der Waals surface area contributed by atoms with Crippen LogP contribution in [0.15, 0.2) is 29.2 Å². The van der Waals surface area contributed by atoms with Crippen LogP contribution in [0.2, 0.25) is 0 Å². The second kappa shape index (κ2) is 9.84. The number of benzene rings is 1.